The van der Waals surface area contributed by atoms with Crippen LogP contribution in [0.25, 0.3) is 0 Å². The number of carbonyl (C=O) groups excluding carboxylic acids is 1. The van der Waals surface area contributed by atoms with Gasteiger partial charge in [0.05, 0.1) is 5.25 Å². The molecule has 2 N–H and O–H groups in total. The Morgan fingerprint density at radius 1 is 1.35 bits per heavy atom. The fourth-order valence-corrected chi connectivity index (χ4v) is 2.16. The van der Waals surface area contributed by atoms with Gasteiger partial charge in [-0.25, -0.2) is 13.2 Å². The summed E-state index contributed by atoms with van der Waals surface area (Å²) in [6.45, 7) is 2.97. The molecule has 1 amide bonds. The van der Waals surface area contributed by atoms with E-state index in [2.05, 4.69) is 5.32 Å². The van der Waals surface area contributed by atoms with Gasteiger partial charge in [-0.2, -0.15) is 0 Å². The Kier molecular flexibility index (Phi) is 4.13. The third-order valence-electron chi connectivity index (χ3n) is 2.73. The van der Waals surface area contributed by atoms with Gasteiger partial charge >= 0.3 is 5.97 Å². The summed E-state index contributed by atoms with van der Waals surface area (Å²) in [5.41, 5.74) is 0. The van der Waals surface area contributed by atoms with Crippen LogP contribution in [0.2, 0.25) is 0 Å². The molecule has 0 saturated heterocycles. The fraction of sp³-hybridized carbons (Fsp3) is 0.800. The van der Waals surface area contributed by atoms with Gasteiger partial charge in [0.25, 0.3) is 0 Å². The summed E-state index contributed by atoms with van der Waals surface area (Å²) in [5, 5.41) is 10.5. The first-order valence-corrected chi connectivity index (χ1v) is 7.19. The summed E-state index contributed by atoms with van der Waals surface area (Å²) < 4.78 is 22.9. The van der Waals surface area contributed by atoms with Crippen molar-refractivity contribution in [3.8, 4) is 0 Å². The molecule has 1 fully saturated rings. The normalized spacial score (nSPS) is 17.8. The summed E-state index contributed by atoms with van der Waals surface area (Å²) in [6.07, 6.45) is 1.52. The molecule has 98 valence electrons. The van der Waals surface area contributed by atoms with E-state index in [1.54, 1.807) is 0 Å². The Morgan fingerprint density at radius 3 is 2.24 bits per heavy atom. The van der Waals surface area contributed by atoms with Crippen LogP contribution in [0.5, 0.6) is 0 Å². The van der Waals surface area contributed by atoms with E-state index in [4.69, 9.17) is 5.11 Å². The fourth-order valence-electron chi connectivity index (χ4n) is 1.38. The molecular formula is C10H17NO5S. The van der Waals surface area contributed by atoms with Crippen molar-refractivity contribution in [2.45, 2.75) is 38.0 Å². The van der Waals surface area contributed by atoms with Crippen molar-refractivity contribution >= 4 is 21.7 Å². The Labute approximate surface area is 100 Å². The SMILES string of the molecule is CC(C)S(=O)(=O)CC(=O)NC(C(=O)O)C1CC1. The molecule has 0 radical (unpaired) electrons. The quantitative estimate of drug-likeness (QED) is 0.690. The lowest BCUT2D eigenvalue weighted by Gasteiger charge is -2.14. The Hall–Kier alpha value is -1.11. The van der Waals surface area contributed by atoms with Gasteiger partial charge in [0.2, 0.25) is 5.91 Å². The summed E-state index contributed by atoms with van der Waals surface area (Å²) in [7, 11) is -3.48. The van der Waals surface area contributed by atoms with E-state index in [0.29, 0.717) is 0 Å². The van der Waals surface area contributed by atoms with Gasteiger partial charge in [-0.15, -0.1) is 0 Å². The highest BCUT2D eigenvalue weighted by molar-refractivity contribution is 7.92. The van der Waals surface area contributed by atoms with Crippen molar-refractivity contribution < 1.29 is 23.1 Å². The van der Waals surface area contributed by atoms with Crippen molar-refractivity contribution in [3.63, 3.8) is 0 Å². The molecule has 1 unspecified atom stereocenters. The highest BCUT2D eigenvalue weighted by Crippen LogP contribution is 2.32. The molecule has 0 aliphatic heterocycles. The second kappa shape index (κ2) is 5.03. The summed E-state index contributed by atoms with van der Waals surface area (Å²) in [5.74, 6) is -2.56. The van der Waals surface area contributed by atoms with Gasteiger partial charge in [0.15, 0.2) is 9.84 Å². The first-order chi connectivity index (χ1) is 7.74. The number of carboxylic acids is 1. The number of rotatable bonds is 6. The number of sulfone groups is 1. The van der Waals surface area contributed by atoms with E-state index in [9.17, 15) is 18.0 Å². The molecule has 1 atom stereocenters. The number of carboxylic acid groups (broad SMARTS) is 1. The monoisotopic (exact) mass is 263 g/mol. The number of hydrogen-bond donors (Lipinski definition) is 2. The molecule has 0 aromatic carbocycles. The molecule has 0 aromatic rings. The number of hydrogen-bond acceptors (Lipinski definition) is 4. The largest absolute Gasteiger partial charge is 0.480 e. The minimum absolute atomic E-state index is 0.0572. The average Bonchev–Trinajstić information content (AvgIpc) is 2.95. The lowest BCUT2D eigenvalue weighted by Crippen LogP contribution is -2.45. The lowest BCUT2D eigenvalue weighted by molar-refractivity contribution is -0.142. The summed E-state index contributed by atoms with van der Waals surface area (Å²) in [6, 6.07) is -0.954. The minimum Gasteiger partial charge on any atom is -0.480 e. The number of carbonyl (C=O) groups is 2. The second-order valence-electron chi connectivity index (χ2n) is 4.58. The lowest BCUT2D eigenvalue weighted by atomic mass is 10.2. The third kappa shape index (κ3) is 3.99. The van der Waals surface area contributed by atoms with E-state index in [-0.39, 0.29) is 5.92 Å². The van der Waals surface area contributed by atoms with E-state index >= 15 is 0 Å². The van der Waals surface area contributed by atoms with Crippen molar-refractivity contribution in [1.82, 2.24) is 5.32 Å². The van der Waals surface area contributed by atoms with Crippen LogP contribution in [0, 0.1) is 5.92 Å². The molecule has 17 heavy (non-hydrogen) atoms. The van der Waals surface area contributed by atoms with Crippen LogP contribution >= 0.6 is 0 Å². The van der Waals surface area contributed by atoms with Crippen molar-refractivity contribution in [2.24, 2.45) is 5.92 Å². The molecule has 1 rings (SSSR count). The zero-order valence-corrected chi connectivity index (χ0v) is 10.7. The maximum absolute atomic E-state index is 11.5. The highest BCUT2D eigenvalue weighted by atomic mass is 32.2. The van der Waals surface area contributed by atoms with E-state index in [0.717, 1.165) is 12.8 Å². The summed E-state index contributed by atoms with van der Waals surface area (Å²) >= 11 is 0. The maximum atomic E-state index is 11.5. The number of nitrogens with one attached hydrogen (secondary N) is 1. The average molecular weight is 263 g/mol. The topological polar surface area (TPSA) is 101 Å². The van der Waals surface area contributed by atoms with Gasteiger partial charge in [-0.3, -0.25) is 4.79 Å². The first-order valence-electron chi connectivity index (χ1n) is 5.47. The van der Waals surface area contributed by atoms with Gasteiger partial charge in [0.1, 0.15) is 11.8 Å². The third-order valence-corrected chi connectivity index (χ3v) is 4.83. The van der Waals surface area contributed by atoms with Crippen LogP contribution in [-0.4, -0.2) is 42.4 Å². The predicted molar refractivity (Wildman–Crippen MR) is 61.2 cm³/mol. The van der Waals surface area contributed by atoms with E-state index in [1.165, 1.54) is 13.8 Å². The molecule has 0 bridgehead atoms. The second-order valence-corrected chi connectivity index (χ2v) is 7.13. The minimum atomic E-state index is -3.48. The standard InChI is InChI=1S/C10H17NO5S/c1-6(2)17(15,16)5-8(12)11-9(10(13)14)7-3-4-7/h6-7,9H,3-5H2,1-2H3,(H,11,12)(H,13,14). The van der Waals surface area contributed by atoms with E-state index < -0.39 is 38.8 Å². The van der Waals surface area contributed by atoms with Crippen LogP contribution < -0.4 is 5.32 Å². The van der Waals surface area contributed by atoms with Crippen LogP contribution in [0.15, 0.2) is 0 Å². The maximum Gasteiger partial charge on any atom is 0.326 e. The molecule has 1 aliphatic carbocycles. The van der Waals surface area contributed by atoms with Gasteiger partial charge in [-0.1, -0.05) is 0 Å². The van der Waals surface area contributed by atoms with Crippen LogP contribution in [0.1, 0.15) is 26.7 Å². The Balaban J connectivity index is 2.57. The van der Waals surface area contributed by atoms with Crippen molar-refractivity contribution in [1.29, 1.82) is 0 Å². The first kappa shape index (κ1) is 14.0. The number of amides is 1. The zero-order chi connectivity index (χ0) is 13.2. The van der Waals surface area contributed by atoms with Crippen molar-refractivity contribution in [2.75, 3.05) is 5.75 Å². The van der Waals surface area contributed by atoms with Crippen LogP contribution in [-0.2, 0) is 19.4 Å². The molecule has 0 aromatic heterocycles. The predicted octanol–water partition coefficient (Wildman–Crippen LogP) is -0.211. The summed E-state index contributed by atoms with van der Waals surface area (Å²) in [4.78, 5) is 22.3. The highest BCUT2D eigenvalue weighted by Gasteiger charge is 2.37. The molecular weight excluding hydrogens is 246 g/mol. The molecule has 0 heterocycles. The molecule has 7 heteroatoms. The van der Waals surface area contributed by atoms with E-state index in [1.807, 2.05) is 0 Å². The number of aliphatic carboxylic acids is 1. The molecule has 0 spiro atoms. The molecule has 1 aliphatic rings. The van der Waals surface area contributed by atoms with Crippen LogP contribution in [0.4, 0.5) is 0 Å². The van der Waals surface area contributed by atoms with Crippen molar-refractivity contribution in [3.05, 3.63) is 0 Å². The van der Waals surface area contributed by atoms with Gasteiger partial charge < -0.3 is 10.4 Å². The van der Waals surface area contributed by atoms with Gasteiger partial charge in [0, 0.05) is 0 Å². The van der Waals surface area contributed by atoms with Crippen LogP contribution in [0.3, 0.4) is 0 Å². The van der Waals surface area contributed by atoms with Gasteiger partial charge in [-0.05, 0) is 32.6 Å². The smallest absolute Gasteiger partial charge is 0.326 e. The Bertz CT molecular complexity index is 410. The Morgan fingerprint density at radius 2 is 1.88 bits per heavy atom. The molecule has 6 nitrogen and oxygen atoms in total. The zero-order valence-electron chi connectivity index (χ0n) is 9.84. The molecule has 1 saturated carbocycles.